The number of nitrogens with zero attached hydrogens (tertiary/aromatic N) is 1. The van der Waals surface area contributed by atoms with E-state index in [9.17, 15) is 22.0 Å². The number of pyridine rings is 1. The summed E-state index contributed by atoms with van der Waals surface area (Å²) in [5.41, 5.74) is -1.32. The first-order valence-corrected chi connectivity index (χ1v) is 4.50. The van der Waals surface area contributed by atoms with Gasteiger partial charge in [-0.1, -0.05) is 0 Å². The molecule has 9 heteroatoms. The van der Waals surface area contributed by atoms with Gasteiger partial charge in [-0.2, -0.15) is 0 Å². The van der Waals surface area contributed by atoms with Crippen molar-refractivity contribution in [1.82, 2.24) is 4.98 Å². The molecular formula is C9H8F5NO3. The van der Waals surface area contributed by atoms with Crippen molar-refractivity contribution >= 4 is 0 Å². The molecule has 0 atom stereocenters. The van der Waals surface area contributed by atoms with Gasteiger partial charge in [-0.15, -0.1) is 13.2 Å². The Morgan fingerprint density at radius 2 is 2.00 bits per heavy atom. The predicted molar refractivity (Wildman–Crippen MR) is 48.4 cm³/mol. The summed E-state index contributed by atoms with van der Waals surface area (Å²) in [6.45, 7) is -0.984. The van der Waals surface area contributed by atoms with Crippen molar-refractivity contribution in [3.8, 4) is 11.6 Å². The quantitative estimate of drug-likeness (QED) is 0.856. The number of ether oxygens (including phenoxy) is 2. The number of halogens is 5. The number of rotatable bonds is 4. The van der Waals surface area contributed by atoms with Gasteiger partial charge in [0.05, 0.1) is 24.8 Å². The topological polar surface area (TPSA) is 51.6 Å². The standard InChI is InChI=1S/C9H8F5NO3/c1-17-6-4(7(10)11)2-15-8(5(6)3-16)18-9(12,13)14/h2,7,16H,3H2,1H3. The zero-order valence-electron chi connectivity index (χ0n) is 8.96. The van der Waals surface area contributed by atoms with Crippen LogP contribution in [0.25, 0.3) is 0 Å². The number of aliphatic hydroxyl groups excluding tert-OH is 1. The van der Waals surface area contributed by atoms with Gasteiger partial charge in [0.1, 0.15) is 5.75 Å². The zero-order valence-corrected chi connectivity index (χ0v) is 8.96. The van der Waals surface area contributed by atoms with Crippen molar-refractivity contribution in [2.24, 2.45) is 0 Å². The van der Waals surface area contributed by atoms with Gasteiger partial charge >= 0.3 is 6.36 Å². The lowest BCUT2D eigenvalue weighted by Gasteiger charge is -2.16. The highest BCUT2D eigenvalue weighted by Gasteiger charge is 2.34. The number of hydrogen-bond donors (Lipinski definition) is 1. The Hall–Kier alpha value is -1.64. The van der Waals surface area contributed by atoms with Gasteiger partial charge in [-0.3, -0.25) is 0 Å². The molecule has 1 rings (SSSR count). The molecule has 4 nitrogen and oxygen atoms in total. The van der Waals surface area contributed by atoms with Crippen LogP contribution in [0.3, 0.4) is 0 Å². The smallest absolute Gasteiger partial charge is 0.496 e. The lowest BCUT2D eigenvalue weighted by molar-refractivity contribution is -0.276. The number of aromatic nitrogens is 1. The van der Waals surface area contributed by atoms with Crippen molar-refractivity contribution < 1.29 is 36.5 Å². The molecule has 102 valence electrons. The molecule has 0 aliphatic carbocycles. The summed E-state index contributed by atoms with van der Waals surface area (Å²) in [5.74, 6) is -1.60. The molecule has 0 aromatic carbocycles. The Morgan fingerprint density at radius 1 is 1.39 bits per heavy atom. The molecule has 0 bridgehead atoms. The molecule has 0 saturated carbocycles. The second-order valence-corrected chi connectivity index (χ2v) is 3.04. The highest BCUT2D eigenvalue weighted by Crippen LogP contribution is 2.37. The summed E-state index contributed by atoms with van der Waals surface area (Å²) < 4.78 is 69.2. The minimum atomic E-state index is -5.05. The molecule has 0 spiro atoms. The van der Waals surface area contributed by atoms with Gasteiger partial charge in [-0.05, 0) is 0 Å². The third kappa shape index (κ3) is 3.19. The SMILES string of the molecule is COc1c(C(F)F)cnc(OC(F)(F)F)c1CO. The Balaban J connectivity index is 3.30. The lowest BCUT2D eigenvalue weighted by Crippen LogP contribution is -2.19. The largest absolute Gasteiger partial charge is 0.574 e. The van der Waals surface area contributed by atoms with E-state index in [1.165, 1.54) is 0 Å². The highest BCUT2D eigenvalue weighted by atomic mass is 19.4. The third-order valence-corrected chi connectivity index (χ3v) is 1.93. The molecule has 0 saturated heterocycles. The maximum Gasteiger partial charge on any atom is 0.574 e. The predicted octanol–water partition coefficient (Wildman–Crippen LogP) is 2.42. The Morgan fingerprint density at radius 3 is 2.39 bits per heavy atom. The minimum Gasteiger partial charge on any atom is -0.496 e. The Kier molecular flexibility index (Phi) is 4.28. The average Bonchev–Trinajstić information content (AvgIpc) is 2.25. The summed E-state index contributed by atoms with van der Waals surface area (Å²) in [6, 6.07) is 0. The molecule has 1 aromatic rings. The van der Waals surface area contributed by atoms with Crippen LogP contribution in [0.2, 0.25) is 0 Å². The second kappa shape index (κ2) is 5.34. The minimum absolute atomic E-state index is 0.504. The van der Waals surface area contributed by atoms with Crippen LogP contribution < -0.4 is 9.47 Å². The van der Waals surface area contributed by atoms with E-state index < -0.39 is 42.2 Å². The highest BCUT2D eigenvalue weighted by molar-refractivity contribution is 5.46. The second-order valence-electron chi connectivity index (χ2n) is 3.04. The van der Waals surface area contributed by atoms with Crippen molar-refractivity contribution in [3.63, 3.8) is 0 Å². The maximum absolute atomic E-state index is 12.5. The number of methoxy groups -OCH3 is 1. The van der Waals surface area contributed by atoms with Gasteiger partial charge < -0.3 is 14.6 Å². The van der Waals surface area contributed by atoms with Crippen molar-refractivity contribution in [1.29, 1.82) is 0 Å². The van der Waals surface area contributed by atoms with E-state index in [0.717, 1.165) is 7.11 Å². The van der Waals surface area contributed by atoms with Crippen LogP contribution in [0.1, 0.15) is 17.6 Å². The van der Waals surface area contributed by atoms with Gasteiger partial charge in [0.2, 0.25) is 5.88 Å². The zero-order chi connectivity index (χ0) is 13.9. The van der Waals surface area contributed by atoms with Crippen LogP contribution in [0.15, 0.2) is 6.20 Å². The summed E-state index contributed by atoms with van der Waals surface area (Å²) in [7, 11) is 0.984. The molecule has 0 aliphatic heterocycles. The summed E-state index contributed by atoms with van der Waals surface area (Å²) in [6.07, 6.45) is -7.55. The number of hydrogen-bond acceptors (Lipinski definition) is 4. The Bertz CT molecular complexity index is 421. The molecule has 18 heavy (non-hydrogen) atoms. The lowest BCUT2D eigenvalue weighted by atomic mass is 10.1. The van der Waals surface area contributed by atoms with Gasteiger partial charge in [0.15, 0.2) is 0 Å². The molecular weight excluding hydrogens is 265 g/mol. The molecule has 0 radical (unpaired) electrons. The van der Waals surface area contributed by atoms with Crippen LogP contribution in [0.5, 0.6) is 11.6 Å². The van der Waals surface area contributed by atoms with Gasteiger partial charge in [0, 0.05) is 6.20 Å². The molecule has 1 aromatic heterocycles. The van der Waals surface area contributed by atoms with Crippen LogP contribution in [0.4, 0.5) is 22.0 Å². The van der Waals surface area contributed by atoms with Crippen molar-refractivity contribution in [2.45, 2.75) is 19.4 Å². The van der Waals surface area contributed by atoms with E-state index in [2.05, 4.69) is 14.5 Å². The number of alkyl halides is 5. The van der Waals surface area contributed by atoms with E-state index in [4.69, 9.17) is 5.11 Å². The average molecular weight is 273 g/mol. The van der Waals surface area contributed by atoms with Gasteiger partial charge in [-0.25, -0.2) is 13.8 Å². The molecule has 1 heterocycles. The first kappa shape index (κ1) is 14.4. The maximum atomic E-state index is 12.5. The van der Waals surface area contributed by atoms with Crippen molar-refractivity contribution in [3.05, 3.63) is 17.3 Å². The Labute approximate surface area is 98.0 Å². The fourth-order valence-electron chi connectivity index (χ4n) is 1.27. The van der Waals surface area contributed by atoms with E-state index in [1.54, 1.807) is 0 Å². The van der Waals surface area contributed by atoms with E-state index in [1.807, 2.05) is 0 Å². The third-order valence-electron chi connectivity index (χ3n) is 1.93. The fraction of sp³-hybridized carbons (Fsp3) is 0.444. The molecule has 0 fully saturated rings. The molecule has 0 aliphatic rings. The molecule has 0 unspecified atom stereocenters. The fourth-order valence-corrected chi connectivity index (χ4v) is 1.27. The monoisotopic (exact) mass is 273 g/mol. The summed E-state index contributed by atoms with van der Waals surface area (Å²) >= 11 is 0. The van der Waals surface area contributed by atoms with Gasteiger partial charge in [0.25, 0.3) is 6.43 Å². The van der Waals surface area contributed by atoms with Crippen LogP contribution in [0, 0.1) is 0 Å². The van der Waals surface area contributed by atoms with E-state index in [0.29, 0.717) is 6.20 Å². The summed E-state index contributed by atoms with van der Waals surface area (Å²) in [4.78, 5) is 3.10. The van der Waals surface area contributed by atoms with E-state index in [-0.39, 0.29) is 0 Å². The summed E-state index contributed by atoms with van der Waals surface area (Å²) in [5, 5.41) is 8.92. The van der Waals surface area contributed by atoms with E-state index >= 15 is 0 Å². The normalized spacial score (nSPS) is 11.8. The molecule has 1 N–H and O–H groups in total. The first-order valence-electron chi connectivity index (χ1n) is 4.50. The number of aliphatic hydroxyl groups is 1. The van der Waals surface area contributed by atoms with Crippen LogP contribution in [-0.4, -0.2) is 23.6 Å². The molecule has 0 amide bonds. The van der Waals surface area contributed by atoms with Crippen molar-refractivity contribution in [2.75, 3.05) is 7.11 Å². The van der Waals surface area contributed by atoms with Crippen LogP contribution in [-0.2, 0) is 6.61 Å². The first-order chi connectivity index (χ1) is 8.30. The van der Waals surface area contributed by atoms with Crippen LogP contribution >= 0.6 is 0 Å².